The fraction of sp³-hybridized carbons (Fsp3) is 0.565. The number of aliphatic hydroxyl groups excluding tert-OH is 3. The van der Waals surface area contributed by atoms with Crippen LogP contribution in [-0.4, -0.2) is 35.1 Å². The molecule has 3 N–H and O–H groups in total. The number of rotatable bonds is 12. The Labute approximate surface area is 157 Å². The summed E-state index contributed by atoms with van der Waals surface area (Å²) in [5, 5.41) is 28.3. The minimum Gasteiger partial charge on any atom is -0.396 e. The molecule has 26 heavy (non-hydrogen) atoms. The van der Waals surface area contributed by atoms with Gasteiger partial charge in [-0.05, 0) is 74.9 Å². The molecule has 0 aromatic heterocycles. The molecule has 0 aliphatic heterocycles. The van der Waals surface area contributed by atoms with Gasteiger partial charge in [0.05, 0.1) is 0 Å². The first-order valence-corrected chi connectivity index (χ1v) is 9.84. The fourth-order valence-corrected chi connectivity index (χ4v) is 3.92. The summed E-state index contributed by atoms with van der Waals surface area (Å²) in [7, 11) is 0. The fourth-order valence-electron chi connectivity index (χ4n) is 3.92. The SMILES string of the molecule is OCCCC(CC(CC(CO)CCO)C1=CC=CCC1)C1=C=C=CC=C1. The summed E-state index contributed by atoms with van der Waals surface area (Å²) < 4.78 is 0. The Hall–Kier alpha value is -1.60. The average Bonchev–Trinajstić information content (AvgIpc) is 2.70. The monoisotopic (exact) mass is 356 g/mol. The second-order valence-corrected chi connectivity index (χ2v) is 7.25. The van der Waals surface area contributed by atoms with E-state index in [0.717, 1.165) is 44.1 Å². The third-order valence-corrected chi connectivity index (χ3v) is 5.38. The van der Waals surface area contributed by atoms with Gasteiger partial charge in [0.1, 0.15) is 0 Å². The zero-order chi connectivity index (χ0) is 18.6. The quantitative estimate of drug-likeness (QED) is 0.466. The molecule has 0 bridgehead atoms. The van der Waals surface area contributed by atoms with Crippen LogP contribution in [0, 0.1) is 17.8 Å². The largest absolute Gasteiger partial charge is 0.396 e. The van der Waals surface area contributed by atoms with Gasteiger partial charge < -0.3 is 15.3 Å². The van der Waals surface area contributed by atoms with Crippen LogP contribution in [0.4, 0.5) is 0 Å². The molecule has 3 atom stereocenters. The second kappa shape index (κ2) is 11.9. The highest BCUT2D eigenvalue weighted by Crippen LogP contribution is 2.36. The summed E-state index contributed by atoms with van der Waals surface area (Å²) >= 11 is 0. The van der Waals surface area contributed by atoms with Gasteiger partial charge in [-0.15, -0.1) is 0 Å². The van der Waals surface area contributed by atoms with Crippen LogP contribution in [0.3, 0.4) is 0 Å². The van der Waals surface area contributed by atoms with Crippen LogP contribution in [0.1, 0.15) is 44.9 Å². The molecule has 0 aromatic rings. The lowest BCUT2D eigenvalue weighted by atomic mass is 9.76. The molecule has 3 nitrogen and oxygen atoms in total. The Morgan fingerprint density at radius 2 is 1.88 bits per heavy atom. The van der Waals surface area contributed by atoms with E-state index in [0.29, 0.717) is 18.3 Å². The van der Waals surface area contributed by atoms with E-state index < -0.39 is 0 Å². The van der Waals surface area contributed by atoms with Crippen molar-refractivity contribution in [2.45, 2.75) is 44.9 Å². The van der Waals surface area contributed by atoms with E-state index in [1.54, 1.807) is 0 Å². The lowest BCUT2D eigenvalue weighted by Crippen LogP contribution is -2.20. The van der Waals surface area contributed by atoms with Gasteiger partial charge in [-0.25, -0.2) is 0 Å². The Kier molecular flexibility index (Phi) is 9.48. The predicted octanol–water partition coefficient (Wildman–Crippen LogP) is 3.85. The Morgan fingerprint density at radius 3 is 2.50 bits per heavy atom. The normalized spacial score (nSPS) is 19.2. The van der Waals surface area contributed by atoms with Gasteiger partial charge in [-0.1, -0.05) is 41.3 Å². The highest BCUT2D eigenvalue weighted by atomic mass is 16.3. The predicted molar refractivity (Wildman–Crippen MR) is 106 cm³/mol. The maximum absolute atomic E-state index is 9.71. The lowest BCUT2D eigenvalue weighted by Gasteiger charge is -2.29. The summed E-state index contributed by atoms with van der Waals surface area (Å²) in [4.78, 5) is 0. The first-order chi connectivity index (χ1) is 12.8. The molecular weight excluding hydrogens is 324 g/mol. The van der Waals surface area contributed by atoms with Crippen molar-refractivity contribution in [3.8, 4) is 0 Å². The van der Waals surface area contributed by atoms with Gasteiger partial charge in [-0.3, -0.25) is 0 Å². The zero-order valence-electron chi connectivity index (χ0n) is 15.6. The third kappa shape index (κ3) is 6.61. The van der Waals surface area contributed by atoms with E-state index >= 15 is 0 Å². The third-order valence-electron chi connectivity index (χ3n) is 5.38. The van der Waals surface area contributed by atoms with Crippen LogP contribution in [-0.2, 0) is 0 Å². The minimum atomic E-state index is 0.117. The van der Waals surface area contributed by atoms with Crippen molar-refractivity contribution in [2.24, 2.45) is 17.8 Å². The minimum absolute atomic E-state index is 0.117. The summed E-state index contributed by atoms with van der Waals surface area (Å²) in [5.41, 5.74) is 8.90. The second-order valence-electron chi connectivity index (χ2n) is 7.25. The molecule has 3 unspecified atom stereocenters. The van der Waals surface area contributed by atoms with Gasteiger partial charge in [0.2, 0.25) is 0 Å². The van der Waals surface area contributed by atoms with Crippen molar-refractivity contribution < 1.29 is 15.3 Å². The Balaban J connectivity index is 2.19. The van der Waals surface area contributed by atoms with Crippen molar-refractivity contribution in [3.63, 3.8) is 0 Å². The molecule has 2 aliphatic carbocycles. The van der Waals surface area contributed by atoms with Crippen LogP contribution in [0.5, 0.6) is 0 Å². The van der Waals surface area contributed by atoms with Crippen molar-refractivity contribution in [2.75, 3.05) is 19.8 Å². The molecule has 0 amide bonds. The summed E-state index contributed by atoms with van der Waals surface area (Å²) in [6.45, 7) is 0.436. The van der Waals surface area contributed by atoms with Crippen LogP contribution in [0.15, 0.2) is 59.1 Å². The maximum atomic E-state index is 9.71. The summed E-state index contributed by atoms with van der Waals surface area (Å²) in [5.74, 6) is 0.826. The van der Waals surface area contributed by atoms with E-state index in [4.69, 9.17) is 0 Å². The Morgan fingerprint density at radius 1 is 1.00 bits per heavy atom. The van der Waals surface area contributed by atoms with Crippen molar-refractivity contribution >= 4 is 0 Å². The molecule has 2 rings (SSSR count). The van der Waals surface area contributed by atoms with Gasteiger partial charge >= 0.3 is 0 Å². The van der Waals surface area contributed by atoms with Crippen LogP contribution in [0.25, 0.3) is 0 Å². The van der Waals surface area contributed by atoms with Gasteiger partial charge in [-0.2, -0.15) is 0 Å². The first-order valence-electron chi connectivity index (χ1n) is 9.84. The molecule has 0 aromatic carbocycles. The molecule has 0 radical (unpaired) electrons. The van der Waals surface area contributed by atoms with Gasteiger partial charge in [0.25, 0.3) is 0 Å². The number of hydrogen-bond donors (Lipinski definition) is 3. The summed E-state index contributed by atoms with van der Waals surface area (Å²) in [6.07, 6.45) is 18.9. The molecule has 3 heteroatoms. The van der Waals surface area contributed by atoms with Crippen LogP contribution < -0.4 is 0 Å². The smallest absolute Gasteiger partial charge is 0.0460 e. The highest BCUT2D eigenvalue weighted by Gasteiger charge is 2.25. The lowest BCUT2D eigenvalue weighted by molar-refractivity contribution is 0.161. The first kappa shape index (κ1) is 20.7. The summed E-state index contributed by atoms with van der Waals surface area (Å²) in [6, 6.07) is 0. The van der Waals surface area contributed by atoms with E-state index in [1.165, 1.54) is 5.57 Å². The molecule has 0 saturated carbocycles. The van der Waals surface area contributed by atoms with Crippen molar-refractivity contribution in [1.29, 1.82) is 0 Å². The van der Waals surface area contributed by atoms with Gasteiger partial charge in [0.15, 0.2) is 0 Å². The number of aliphatic hydroxyl groups is 3. The number of allylic oxidation sites excluding steroid dienone is 8. The molecular formula is C23H32O3. The molecule has 0 saturated heterocycles. The van der Waals surface area contributed by atoms with Crippen molar-refractivity contribution in [3.05, 3.63) is 59.1 Å². The molecule has 0 heterocycles. The topological polar surface area (TPSA) is 60.7 Å². The van der Waals surface area contributed by atoms with Crippen LogP contribution >= 0.6 is 0 Å². The van der Waals surface area contributed by atoms with E-state index in [2.05, 4.69) is 35.8 Å². The van der Waals surface area contributed by atoms with Gasteiger partial charge in [0, 0.05) is 25.4 Å². The molecule has 0 fully saturated rings. The maximum Gasteiger partial charge on any atom is 0.0460 e. The van der Waals surface area contributed by atoms with Crippen molar-refractivity contribution in [1.82, 2.24) is 0 Å². The molecule has 2 aliphatic rings. The zero-order valence-corrected chi connectivity index (χ0v) is 15.6. The number of hydrogen-bond acceptors (Lipinski definition) is 3. The van der Waals surface area contributed by atoms with E-state index in [1.807, 2.05) is 12.2 Å². The Bertz CT molecular complexity index is 613. The average molecular weight is 357 g/mol. The van der Waals surface area contributed by atoms with E-state index in [9.17, 15) is 15.3 Å². The molecule has 142 valence electrons. The molecule has 0 spiro atoms. The highest BCUT2D eigenvalue weighted by molar-refractivity contribution is 5.29. The van der Waals surface area contributed by atoms with E-state index in [-0.39, 0.29) is 25.7 Å². The standard InChI is InChI=1S/C23H32O3/c24-14-7-12-22(20-8-3-1-4-9-20)17-23(16-19(18-26)13-15-25)21-10-5-2-6-11-21/h1-3,5,8,10,19,22-26H,6-7,11-18H2. The van der Waals surface area contributed by atoms with Crippen LogP contribution in [0.2, 0.25) is 0 Å².